The Morgan fingerprint density at radius 2 is 2.10 bits per heavy atom. The number of nitrogens with one attached hydrogen (secondary N) is 1. The molecule has 0 saturated carbocycles. The normalized spacial score (nSPS) is 9.90. The molecule has 0 bridgehead atoms. The van der Waals surface area contributed by atoms with Gasteiger partial charge in [-0.25, -0.2) is 4.39 Å². The van der Waals surface area contributed by atoms with Crippen LogP contribution in [-0.2, 0) is 6.54 Å². The molecule has 5 heteroatoms. The number of anilines is 1. The van der Waals surface area contributed by atoms with Gasteiger partial charge in [0.25, 0.3) is 0 Å². The third-order valence-corrected chi connectivity index (χ3v) is 3.05. The van der Waals surface area contributed by atoms with Crippen molar-refractivity contribution in [3.63, 3.8) is 0 Å². The quantitative estimate of drug-likeness (QED) is 0.926. The second kappa shape index (κ2) is 6.27. The zero-order valence-corrected chi connectivity index (χ0v) is 11.5. The molecule has 0 aliphatic rings. The predicted molar refractivity (Wildman–Crippen MR) is 76.4 cm³/mol. The minimum atomic E-state index is -0.422. The molecular weight excluding hydrogens is 279 g/mol. The lowest BCUT2D eigenvalue weighted by Gasteiger charge is -2.09. The van der Waals surface area contributed by atoms with Crippen LogP contribution in [0.15, 0.2) is 36.4 Å². The Kier molecular flexibility index (Phi) is 4.44. The molecule has 3 nitrogen and oxygen atoms in total. The molecule has 0 radical (unpaired) electrons. The Labute approximate surface area is 121 Å². The fraction of sp³-hybridized carbons (Fsp3) is 0.133. The van der Waals surface area contributed by atoms with E-state index in [1.165, 1.54) is 19.2 Å². The molecule has 0 fully saturated rings. The van der Waals surface area contributed by atoms with Crippen molar-refractivity contribution in [2.45, 2.75) is 6.54 Å². The van der Waals surface area contributed by atoms with Gasteiger partial charge in [0.1, 0.15) is 11.6 Å². The smallest absolute Gasteiger partial charge is 0.139 e. The van der Waals surface area contributed by atoms with E-state index in [9.17, 15) is 4.39 Å². The molecule has 1 N–H and O–H groups in total. The van der Waals surface area contributed by atoms with Gasteiger partial charge in [-0.3, -0.25) is 0 Å². The molecular formula is C15H12ClFN2O. The molecule has 2 aromatic rings. The van der Waals surface area contributed by atoms with Crippen molar-refractivity contribution < 1.29 is 9.13 Å². The van der Waals surface area contributed by atoms with E-state index in [0.29, 0.717) is 28.4 Å². The van der Waals surface area contributed by atoms with Gasteiger partial charge < -0.3 is 10.1 Å². The highest BCUT2D eigenvalue weighted by molar-refractivity contribution is 6.32. The van der Waals surface area contributed by atoms with E-state index in [0.717, 1.165) is 5.69 Å². The number of hydrogen-bond donors (Lipinski definition) is 1. The molecule has 0 aromatic heterocycles. The SMILES string of the molecule is COc1cc(NCc2cc(F)cc(C#N)c2)ccc1Cl. The van der Waals surface area contributed by atoms with Crippen LogP contribution in [0.3, 0.4) is 0 Å². The molecule has 2 aromatic carbocycles. The van der Waals surface area contributed by atoms with E-state index in [2.05, 4.69) is 5.32 Å². The zero-order valence-electron chi connectivity index (χ0n) is 10.8. The Morgan fingerprint density at radius 1 is 1.30 bits per heavy atom. The van der Waals surface area contributed by atoms with Crippen LogP contribution in [0, 0.1) is 17.1 Å². The maximum atomic E-state index is 13.3. The van der Waals surface area contributed by atoms with Gasteiger partial charge in [-0.15, -0.1) is 0 Å². The molecule has 2 rings (SSSR count). The third kappa shape index (κ3) is 3.40. The minimum Gasteiger partial charge on any atom is -0.495 e. The molecule has 20 heavy (non-hydrogen) atoms. The molecule has 0 saturated heterocycles. The van der Waals surface area contributed by atoms with Crippen LogP contribution in [0.5, 0.6) is 5.75 Å². The van der Waals surface area contributed by atoms with Gasteiger partial charge in [0, 0.05) is 18.3 Å². The Hall–Kier alpha value is -2.25. The fourth-order valence-electron chi connectivity index (χ4n) is 1.79. The van der Waals surface area contributed by atoms with Gasteiger partial charge in [-0.1, -0.05) is 11.6 Å². The van der Waals surface area contributed by atoms with Crippen LogP contribution in [-0.4, -0.2) is 7.11 Å². The summed E-state index contributed by atoms with van der Waals surface area (Å²) in [6.45, 7) is 0.400. The Morgan fingerprint density at radius 3 is 2.80 bits per heavy atom. The summed E-state index contributed by atoms with van der Waals surface area (Å²) >= 11 is 5.94. The van der Waals surface area contributed by atoms with Crippen molar-refractivity contribution in [2.75, 3.05) is 12.4 Å². The van der Waals surface area contributed by atoms with E-state index < -0.39 is 5.82 Å². The van der Waals surface area contributed by atoms with Gasteiger partial charge in [-0.05, 0) is 35.9 Å². The summed E-state index contributed by atoms with van der Waals surface area (Å²) in [4.78, 5) is 0. The standard InChI is InChI=1S/C15H12ClFN2O/c1-20-15-7-13(2-3-14(15)16)19-9-11-4-10(8-18)5-12(17)6-11/h2-7,19H,9H2,1H3. The van der Waals surface area contributed by atoms with Crippen LogP contribution in [0.25, 0.3) is 0 Å². The molecule has 0 atom stereocenters. The van der Waals surface area contributed by atoms with Crippen molar-refractivity contribution in [1.29, 1.82) is 5.26 Å². The number of halogens is 2. The third-order valence-electron chi connectivity index (χ3n) is 2.73. The zero-order chi connectivity index (χ0) is 14.5. The highest BCUT2D eigenvalue weighted by Gasteiger charge is 2.03. The largest absolute Gasteiger partial charge is 0.495 e. The van der Waals surface area contributed by atoms with Gasteiger partial charge in [0.05, 0.1) is 23.8 Å². The maximum absolute atomic E-state index is 13.3. The lowest BCUT2D eigenvalue weighted by Crippen LogP contribution is -2.01. The van der Waals surface area contributed by atoms with Gasteiger partial charge >= 0.3 is 0 Å². The molecule has 0 aliphatic carbocycles. The van der Waals surface area contributed by atoms with Crippen molar-refractivity contribution in [3.8, 4) is 11.8 Å². The monoisotopic (exact) mass is 290 g/mol. The highest BCUT2D eigenvalue weighted by atomic mass is 35.5. The van der Waals surface area contributed by atoms with Crippen molar-refractivity contribution in [3.05, 3.63) is 58.4 Å². The average molecular weight is 291 g/mol. The number of nitrogens with zero attached hydrogens (tertiary/aromatic N) is 1. The summed E-state index contributed by atoms with van der Waals surface area (Å²) in [5, 5.41) is 12.5. The Bertz CT molecular complexity index is 667. The molecule has 0 unspecified atom stereocenters. The van der Waals surface area contributed by atoms with Gasteiger partial charge in [0.2, 0.25) is 0 Å². The summed E-state index contributed by atoms with van der Waals surface area (Å²) in [5.41, 5.74) is 1.79. The average Bonchev–Trinajstić information content (AvgIpc) is 2.45. The van der Waals surface area contributed by atoms with Crippen molar-refractivity contribution in [1.82, 2.24) is 0 Å². The van der Waals surface area contributed by atoms with E-state index in [1.807, 2.05) is 6.07 Å². The first-order chi connectivity index (χ1) is 9.62. The van der Waals surface area contributed by atoms with E-state index in [-0.39, 0.29) is 0 Å². The summed E-state index contributed by atoms with van der Waals surface area (Å²) < 4.78 is 18.4. The molecule has 0 amide bonds. The fourth-order valence-corrected chi connectivity index (χ4v) is 1.99. The van der Waals surface area contributed by atoms with Crippen molar-refractivity contribution in [2.24, 2.45) is 0 Å². The molecule has 102 valence electrons. The van der Waals surface area contributed by atoms with Gasteiger partial charge in [-0.2, -0.15) is 5.26 Å². The number of benzene rings is 2. The highest BCUT2D eigenvalue weighted by Crippen LogP contribution is 2.27. The molecule has 0 heterocycles. The number of rotatable bonds is 4. The lowest BCUT2D eigenvalue weighted by molar-refractivity contribution is 0.415. The van der Waals surface area contributed by atoms with Crippen LogP contribution in [0.4, 0.5) is 10.1 Å². The van der Waals surface area contributed by atoms with Crippen LogP contribution < -0.4 is 10.1 Å². The Balaban J connectivity index is 2.13. The van der Waals surface area contributed by atoms with Crippen LogP contribution in [0.2, 0.25) is 5.02 Å². The van der Waals surface area contributed by atoms with Gasteiger partial charge in [0.15, 0.2) is 0 Å². The topological polar surface area (TPSA) is 45.0 Å². The molecule has 0 spiro atoms. The summed E-state index contributed by atoms with van der Waals surface area (Å²) in [7, 11) is 1.54. The number of ether oxygens (including phenoxy) is 1. The molecule has 0 aliphatic heterocycles. The first kappa shape index (κ1) is 14.2. The van der Waals surface area contributed by atoms with E-state index >= 15 is 0 Å². The summed E-state index contributed by atoms with van der Waals surface area (Å²) in [6.07, 6.45) is 0. The number of nitriles is 1. The lowest BCUT2D eigenvalue weighted by atomic mass is 10.1. The minimum absolute atomic E-state index is 0.301. The predicted octanol–water partition coefficient (Wildman–Crippen LogP) is 3.97. The second-order valence-corrected chi connectivity index (χ2v) is 4.57. The first-order valence-corrected chi connectivity index (χ1v) is 6.27. The number of methoxy groups -OCH3 is 1. The second-order valence-electron chi connectivity index (χ2n) is 4.16. The summed E-state index contributed by atoms with van der Waals surface area (Å²) in [6, 6.07) is 11.4. The maximum Gasteiger partial charge on any atom is 0.139 e. The van der Waals surface area contributed by atoms with E-state index in [4.69, 9.17) is 21.6 Å². The van der Waals surface area contributed by atoms with Crippen molar-refractivity contribution >= 4 is 17.3 Å². The van der Waals surface area contributed by atoms with Crippen LogP contribution >= 0.6 is 11.6 Å². The first-order valence-electron chi connectivity index (χ1n) is 5.89. The van der Waals surface area contributed by atoms with Crippen LogP contribution in [0.1, 0.15) is 11.1 Å². The summed E-state index contributed by atoms with van der Waals surface area (Å²) in [5.74, 6) is 0.142. The number of hydrogen-bond acceptors (Lipinski definition) is 3. The van der Waals surface area contributed by atoms with E-state index in [1.54, 1.807) is 24.3 Å².